The van der Waals surface area contributed by atoms with Gasteiger partial charge in [-0.15, -0.1) is 0 Å². The summed E-state index contributed by atoms with van der Waals surface area (Å²) in [6.07, 6.45) is 5.63. The van der Waals surface area contributed by atoms with Crippen molar-refractivity contribution in [3.8, 4) is 0 Å². The van der Waals surface area contributed by atoms with Crippen molar-refractivity contribution in [2.24, 2.45) is 0 Å². The number of rotatable bonds is 5. The van der Waals surface area contributed by atoms with E-state index in [1.54, 1.807) is 4.90 Å². The van der Waals surface area contributed by atoms with E-state index in [2.05, 4.69) is 0 Å². The van der Waals surface area contributed by atoms with Crippen LogP contribution in [-0.4, -0.2) is 35.9 Å². The number of hydrogen-bond acceptors (Lipinski definition) is 3. The Hall–Kier alpha value is 0.170. The predicted octanol–water partition coefficient (Wildman–Crippen LogP) is 2.79. The van der Waals surface area contributed by atoms with E-state index in [-0.39, 0.29) is 5.91 Å². The smallest absolute Gasteiger partial charge is 0.222 e. The van der Waals surface area contributed by atoms with Crippen molar-refractivity contribution < 1.29 is 4.79 Å². The van der Waals surface area contributed by atoms with E-state index >= 15 is 0 Å². The summed E-state index contributed by atoms with van der Waals surface area (Å²) >= 11 is 0. The minimum Gasteiger partial charge on any atom is -0.349 e. The van der Waals surface area contributed by atoms with E-state index in [1.807, 2.05) is 35.7 Å². The van der Waals surface area contributed by atoms with Crippen LogP contribution in [0, 0.1) is 0 Å². The Morgan fingerprint density at radius 2 is 2.21 bits per heavy atom. The molecule has 4 heteroatoms. The summed E-state index contributed by atoms with van der Waals surface area (Å²) in [5, 5.41) is 0.856. The third-order valence-corrected chi connectivity index (χ3v) is 5.40. The van der Waals surface area contributed by atoms with Crippen LogP contribution >= 0.6 is 21.6 Å². The highest BCUT2D eigenvalue weighted by atomic mass is 33.1. The fraction of sp³-hybridized carbons (Fsp3) is 0.900. The minimum atomic E-state index is 0.262. The third kappa shape index (κ3) is 4.60. The fourth-order valence-corrected chi connectivity index (χ4v) is 4.46. The normalized spacial score (nSPS) is 21.1. The zero-order valence-corrected chi connectivity index (χ0v) is 10.6. The Balaban J connectivity index is 1.96. The zero-order valence-electron chi connectivity index (χ0n) is 8.99. The molecule has 0 N–H and O–H groups in total. The molecule has 0 aromatic rings. The van der Waals surface area contributed by atoms with Crippen molar-refractivity contribution >= 4 is 27.5 Å². The number of carbonyl (C=O) groups is 1. The molecular formula is C10H19NOS2. The highest BCUT2D eigenvalue weighted by Gasteiger charge is 2.15. The number of unbranched alkanes of at least 4 members (excludes halogenated alkanes) is 1. The molecule has 0 bridgehead atoms. The van der Waals surface area contributed by atoms with E-state index < -0.39 is 0 Å². The second-order valence-electron chi connectivity index (χ2n) is 3.86. The Morgan fingerprint density at radius 1 is 1.43 bits per heavy atom. The van der Waals surface area contributed by atoms with Gasteiger partial charge in [0.2, 0.25) is 5.91 Å². The maximum absolute atomic E-state index is 11.3. The van der Waals surface area contributed by atoms with Crippen LogP contribution in [0.15, 0.2) is 0 Å². The summed E-state index contributed by atoms with van der Waals surface area (Å²) < 4.78 is 0. The molecule has 1 unspecified atom stereocenters. The maximum atomic E-state index is 11.3. The predicted molar refractivity (Wildman–Crippen MR) is 65.6 cm³/mol. The van der Waals surface area contributed by atoms with Crippen molar-refractivity contribution in [2.75, 3.05) is 19.8 Å². The van der Waals surface area contributed by atoms with Gasteiger partial charge in [-0.1, -0.05) is 28.0 Å². The monoisotopic (exact) mass is 233 g/mol. The first-order chi connectivity index (χ1) is 6.70. The van der Waals surface area contributed by atoms with Gasteiger partial charge < -0.3 is 4.90 Å². The summed E-state index contributed by atoms with van der Waals surface area (Å²) in [6.45, 7) is 0. The molecule has 1 aliphatic heterocycles. The summed E-state index contributed by atoms with van der Waals surface area (Å²) in [4.78, 5) is 12.9. The fourth-order valence-electron chi connectivity index (χ4n) is 1.44. The molecule has 1 heterocycles. The van der Waals surface area contributed by atoms with Crippen LogP contribution < -0.4 is 0 Å². The number of carbonyl (C=O) groups excluding carboxylic acids is 1. The van der Waals surface area contributed by atoms with Gasteiger partial charge in [0.25, 0.3) is 0 Å². The van der Waals surface area contributed by atoms with Gasteiger partial charge in [0.05, 0.1) is 0 Å². The van der Waals surface area contributed by atoms with Crippen molar-refractivity contribution in [3.63, 3.8) is 0 Å². The first-order valence-electron chi connectivity index (χ1n) is 5.18. The van der Waals surface area contributed by atoms with Crippen LogP contribution in [0.2, 0.25) is 0 Å². The lowest BCUT2D eigenvalue weighted by Crippen LogP contribution is -2.21. The molecule has 0 radical (unpaired) electrons. The molecule has 0 spiro atoms. The van der Waals surface area contributed by atoms with E-state index in [0.29, 0.717) is 0 Å². The van der Waals surface area contributed by atoms with Crippen molar-refractivity contribution in [3.05, 3.63) is 0 Å². The van der Waals surface area contributed by atoms with Crippen LogP contribution in [0.4, 0.5) is 0 Å². The van der Waals surface area contributed by atoms with Crippen LogP contribution in [0.1, 0.15) is 32.1 Å². The van der Waals surface area contributed by atoms with Gasteiger partial charge in [-0.2, -0.15) is 0 Å². The molecule has 14 heavy (non-hydrogen) atoms. The lowest BCUT2D eigenvalue weighted by Gasteiger charge is -2.10. The molecule has 1 amide bonds. The average molecular weight is 233 g/mol. The van der Waals surface area contributed by atoms with Crippen LogP contribution in [0.25, 0.3) is 0 Å². The van der Waals surface area contributed by atoms with Crippen LogP contribution in [0.5, 0.6) is 0 Å². The summed E-state index contributed by atoms with van der Waals surface area (Å²) in [5.41, 5.74) is 0. The lowest BCUT2D eigenvalue weighted by atomic mass is 10.1. The Kier molecular flexibility index (Phi) is 5.78. The Bertz CT molecular complexity index is 179. The quantitative estimate of drug-likeness (QED) is 0.538. The summed E-state index contributed by atoms with van der Waals surface area (Å²) in [6, 6.07) is 0. The van der Waals surface area contributed by atoms with E-state index in [0.717, 1.165) is 18.1 Å². The first-order valence-corrected chi connectivity index (χ1v) is 7.57. The molecule has 0 saturated carbocycles. The van der Waals surface area contributed by atoms with Crippen molar-refractivity contribution in [2.45, 2.75) is 37.4 Å². The molecule has 1 aliphatic rings. The maximum Gasteiger partial charge on any atom is 0.222 e. The highest BCUT2D eigenvalue weighted by Crippen LogP contribution is 2.39. The van der Waals surface area contributed by atoms with Gasteiger partial charge >= 0.3 is 0 Å². The number of amides is 1. The zero-order chi connectivity index (χ0) is 10.4. The molecule has 1 atom stereocenters. The Morgan fingerprint density at radius 3 is 2.79 bits per heavy atom. The van der Waals surface area contributed by atoms with Gasteiger partial charge in [-0.05, 0) is 19.3 Å². The Labute approximate surface area is 94.6 Å². The van der Waals surface area contributed by atoms with Gasteiger partial charge in [-0.3, -0.25) is 4.79 Å². The molecule has 2 nitrogen and oxygen atoms in total. The number of nitrogens with zero attached hydrogens (tertiary/aromatic N) is 1. The second kappa shape index (κ2) is 6.62. The third-order valence-electron chi connectivity index (χ3n) is 2.39. The molecule has 1 saturated heterocycles. The summed E-state index contributed by atoms with van der Waals surface area (Å²) in [5.74, 6) is 1.57. The SMILES string of the molecule is CN(C)C(=O)CCCCC1CCSS1. The molecule has 1 fully saturated rings. The minimum absolute atomic E-state index is 0.262. The highest BCUT2D eigenvalue weighted by molar-refractivity contribution is 8.77. The molecule has 0 aromatic carbocycles. The van der Waals surface area contributed by atoms with Crippen LogP contribution in [0.3, 0.4) is 0 Å². The van der Waals surface area contributed by atoms with Gasteiger partial charge in [0, 0.05) is 31.5 Å². The van der Waals surface area contributed by atoms with E-state index in [1.165, 1.54) is 25.0 Å². The average Bonchev–Trinajstić information content (AvgIpc) is 2.64. The summed E-state index contributed by atoms with van der Waals surface area (Å²) in [7, 11) is 7.67. The van der Waals surface area contributed by atoms with E-state index in [4.69, 9.17) is 0 Å². The van der Waals surface area contributed by atoms with Gasteiger partial charge in [0.1, 0.15) is 0 Å². The molecular weight excluding hydrogens is 214 g/mol. The standard InChI is InChI=1S/C10H19NOS2/c1-11(2)10(12)6-4-3-5-9-7-8-13-14-9/h9H,3-8H2,1-2H3. The molecule has 0 aliphatic carbocycles. The first kappa shape index (κ1) is 12.2. The molecule has 82 valence electrons. The second-order valence-corrected chi connectivity index (χ2v) is 6.65. The van der Waals surface area contributed by atoms with Crippen molar-refractivity contribution in [1.82, 2.24) is 4.90 Å². The number of hydrogen-bond donors (Lipinski definition) is 0. The van der Waals surface area contributed by atoms with Gasteiger partial charge in [-0.25, -0.2) is 0 Å². The molecule has 1 rings (SSSR count). The van der Waals surface area contributed by atoms with Crippen molar-refractivity contribution in [1.29, 1.82) is 0 Å². The van der Waals surface area contributed by atoms with Crippen LogP contribution in [-0.2, 0) is 4.79 Å². The van der Waals surface area contributed by atoms with Gasteiger partial charge in [0.15, 0.2) is 0 Å². The molecule has 0 aromatic heterocycles. The largest absolute Gasteiger partial charge is 0.349 e. The topological polar surface area (TPSA) is 20.3 Å². The lowest BCUT2D eigenvalue weighted by molar-refractivity contribution is -0.128. The van der Waals surface area contributed by atoms with E-state index in [9.17, 15) is 4.79 Å².